The summed E-state index contributed by atoms with van der Waals surface area (Å²) in [5.74, 6) is 0.563. The first-order valence-electron chi connectivity index (χ1n) is 6.88. The molecule has 0 bridgehead atoms. The van der Waals surface area contributed by atoms with Crippen LogP contribution < -0.4 is 4.74 Å². The largest absolute Gasteiger partial charge is 0.486 e. The second-order valence-corrected chi connectivity index (χ2v) is 5.41. The van der Waals surface area contributed by atoms with Gasteiger partial charge in [-0.2, -0.15) is 5.10 Å². The van der Waals surface area contributed by atoms with Gasteiger partial charge in [-0.1, -0.05) is 24.6 Å². The van der Waals surface area contributed by atoms with Crippen LogP contribution >= 0.6 is 11.6 Å². The van der Waals surface area contributed by atoms with E-state index in [0.717, 1.165) is 23.4 Å². The lowest BCUT2D eigenvalue weighted by atomic mass is 10.1. The van der Waals surface area contributed by atoms with E-state index in [0.29, 0.717) is 16.3 Å². The van der Waals surface area contributed by atoms with Gasteiger partial charge in [-0.15, -0.1) is 0 Å². The third-order valence-corrected chi connectivity index (χ3v) is 3.82. The van der Waals surface area contributed by atoms with Crippen LogP contribution in [0.4, 0.5) is 0 Å². The maximum absolute atomic E-state index is 11.6. The molecule has 0 radical (unpaired) electrons. The second kappa shape index (κ2) is 6.31. The monoisotopic (exact) mass is 306 g/mol. The van der Waals surface area contributed by atoms with Crippen molar-refractivity contribution in [2.24, 2.45) is 7.05 Å². The van der Waals surface area contributed by atoms with E-state index in [-0.39, 0.29) is 12.4 Å². The number of aryl methyl sites for hydroxylation is 3. The smallest absolute Gasteiger partial charge is 0.163 e. The molecule has 21 heavy (non-hydrogen) atoms. The number of ketones is 1. The minimum atomic E-state index is -0.0182. The average Bonchev–Trinajstić information content (AvgIpc) is 2.71. The molecular weight excluding hydrogens is 288 g/mol. The molecule has 0 unspecified atom stereocenters. The number of nitrogens with zero attached hydrogens (tertiary/aromatic N) is 2. The summed E-state index contributed by atoms with van der Waals surface area (Å²) >= 11 is 6.30. The van der Waals surface area contributed by atoms with Crippen molar-refractivity contribution in [3.05, 3.63) is 45.7 Å². The third kappa shape index (κ3) is 3.27. The molecule has 1 heterocycles. The number of hydrogen-bond donors (Lipinski definition) is 0. The number of hydrogen-bond acceptors (Lipinski definition) is 3. The summed E-state index contributed by atoms with van der Waals surface area (Å²) in [5.41, 5.74) is 3.29. The van der Waals surface area contributed by atoms with Crippen molar-refractivity contribution >= 4 is 17.4 Å². The van der Waals surface area contributed by atoms with Crippen molar-refractivity contribution in [1.82, 2.24) is 9.78 Å². The Kier molecular flexibility index (Phi) is 4.68. The van der Waals surface area contributed by atoms with Crippen LogP contribution in [0.15, 0.2) is 18.2 Å². The Labute approximate surface area is 129 Å². The van der Waals surface area contributed by atoms with Crippen LogP contribution in [0.2, 0.25) is 5.02 Å². The molecular formula is C16H19ClN2O2. The molecule has 0 atom stereocenters. The zero-order valence-electron chi connectivity index (χ0n) is 12.7. The van der Waals surface area contributed by atoms with Crippen molar-refractivity contribution in [1.29, 1.82) is 0 Å². The van der Waals surface area contributed by atoms with Gasteiger partial charge in [-0.05, 0) is 38.0 Å². The van der Waals surface area contributed by atoms with Gasteiger partial charge in [-0.3, -0.25) is 9.48 Å². The number of Topliss-reactive ketones (excluding diaryl/α,β-unsaturated/α-hetero) is 1. The molecule has 5 heteroatoms. The van der Waals surface area contributed by atoms with Crippen LogP contribution in [-0.4, -0.2) is 15.6 Å². The fraction of sp³-hybridized carbons (Fsp3) is 0.375. The van der Waals surface area contributed by atoms with Gasteiger partial charge in [0.05, 0.1) is 22.0 Å². The van der Waals surface area contributed by atoms with E-state index in [1.165, 1.54) is 6.92 Å². The lowest BCUT2D eigenvalue weighted by molar-refractivity contribution is 0.101. The molecule has 0 saturated carbocycles. The number of halogens is 1. The molecule has 1 aromatic heterocycles. The van der Waals surface area contributed by atoms with Gasteiger partial charge in [0, 0.05) is 7.05 Å². The molecule has 4 nitrogen and oxygen atoms in total. The Balaban J connectivity index is 2.26. The minimum absolute atomic E-state index is 0.0182. The molecule has 0 aliphatic heterocycles. The van der Waals surface area contributed by atoms with Gasteiger partial charge in [0.1, 0.15) is 12.4 Å². The predicted octanol–water partition coefficient (Wildman–Crippen LogP) is 3.73. The Hall–Kier alpha value is -1.81. The van der Waals surface area contributed by atoms with Crippen LogP contribution in [0.3, 0.4) is 0 Å². The summed E-state index contributed by atoms with van der Waals surface area (Å²) in [6, 6.07) is 5.55. The molecule has 0 aliphatic rings. The fourth-order valence-corrected chi connectivity index (χ4v) is 2.51. The van der Waals surface area contributed by atoms with Crippen LogP contribution in [0, 0.1) is 6.92 Å². The number of carbonyl (C=O) groups is 1. The van der Waals surface area contributed by atoms with Crippen molar-refractivity contribution in [3.8, 4) is 5.75 Å². The number of ether oxygens (including phenoxy) is 1. The first-order valence-corrected chi connectivity index (χ1v) is 7.26. The topological polar surface area (TPSA) is 44.1 Å². The van der Waals surface area contributed by atoms with Gasteiger partial charge in [0.15, 0.2) is 5.78 Å². The van der Waals surface area contributed by atoms with Crippen molar-refractivity contribution in [2.75, 3.05) is 0 Å². The van der Waals surface area contributed by atoms with Crippen LogP contribution in [0.25, 0.3) is 0 Å². The van der Waals surface area contributed by atoms with E-state index >= 15 is 0 Å². The maximum Gasteiger partial charge on any atom is 0.163 e. The maximum atomic E-state index is 11.6. The summed E-state index contributed by atoms with van der Waals surface area (Å²) in [5, 5.41) is 4.99. The summed E-state index contributed by atoms with van der Waals surface area (Å²) < 4.78 is 7.55. The van der Waals surface area contributed by atoms with E-state index in [1.54, 1.807) is 10.7 Å². The number of rotatable bonds is 5. The Bertz CT molecular complexity index is 677. The standard InChI is InChI=1S/C16H19ClN2O2/c1-5-13-16(17)14(19(4)18-13)9-21-15-8-10(2)6-7-12(15)11(3)20/h6-8H,5,9H2,1-4H3. The van der Waals surface area contributed by atoms with E-state index < -0.39 is 0 Å². The summed E-state index contributed by atoms with van der Waals surface area (Å²) in [4.78, 5) is 11.6. The van der Waals surface area contributed by atoms with E-state index in [2.05, 4.69) is 5.10 Å². The molecule has 1 aromatic carbocycles. The van der Waals surface area contributed by atoms with E-state index in [1.807, 2.05) is 33.0 Å². The third-order valence-electron chi connectivity index (χ3n) is 3.38. The molecule has 0 amide bonds. The normalized spacial score (nSPS) is 10.7. The summed E-state index contributed by atoms with van der Waals surface area (Å²) in [6.45, 7) is 5.78. The van der Waals surface area contributed by atoms with Crippen molar-refractivity contribution < 1.29 is 9.53 Å². The molecule has 0 spiro atoms. The minimum Gasteiger partial charge on any atom is -0.486 e. The Morgan fingerprint density at radius 3 is 2.71 bits per heavy atom. The molecule has 0 saturated heterocycles. The highest BCUT2D eigenvalue weighted by molar-refractivity contribution is 6.31. The predicted molar refractivity (Wildman–Crippen MR) is 83.1 cm³/mol. The SMILES string of the molecule is CCc1nn(C)c(COc2cc(C)ccc2C(C)=O)c1Cl. The van der Waals surface area contributed by atoms with Crippen LogP contribution in [0.1, 0.15) is 41.2 Å². The first kappa shape index (κ1) is 15.6. The number of benzene rings is 1. The first-order chi connectivity index (χ1) is 9.93. The highest BCUT2D eigenvalue weighted by atomic mass is 35.5. The highest BCUT2D eigenvalue weighted by Gasteiger charge is 2.15. The molecule has 0 fully saturated rings. The zero-order chi connectivity index (χ0) is 15.6. The van der Waals surface area contributed by atoms with Gasteiger partial charge >= 0.3 is 0 Å². The molecule has 112 valence electrons. The van der Waals surface area contributed by atoms with Gasteiger partial charge < -0.3 is 4.74 Å². The molecule has 0 N–H and O–H groups in total. The molecule has 0 aliphatic carbocycles. The fourth-order valence-electron chi connectivity index (χ4n) is 2.16. The van der Waals surface area contributed by atoms with Crippen LogP contribution in [0.5, 0.6) is 5.75 Å². The number of aromatic nitrogens is 2. The number of carbonyl (C=O) groups excluding carboxylic acids is 1. The van der Waals surface area contributed by atoms with E-state index in [4.69, 9.17) is 16.3 Å². The average molecular weight is 307 g/mol. The van der Waals surface area contributed by atoms with E-state index in [9.17, 15) is 4.79 Å². The summed E-state index contributed by atoms with van der Waals surface area (Å²) in [7, 11) is 1.84. The Morgan fingerprint density at radius 1 is 1.43 bits per heavy atom. The highest BCUT2D eigenvalue weighted by Crippen LogP contribution is 2.25. The van der Waals surface area contributed by atoms with Gasteiger partial charge in [-0.25, -0.2) is 0 Å². The molecule has 2 aromatic rings. The van der Waals surface area contributed by atoms with Crippen LogP contribution in [-0.2, 0) is 20.1 Å². The molecule has 2 rings (SSSR count). The quantitative estimate of drug-likeness (QED) is 0.791. The lowest BCUT2D eigenvalue weighted by Crippen LogP contribution is -2.06. The zero-order valence-corrected chi connectivity index (χ0v) is 13.5. The Morgan fingerprint density at radius 2 is 2.14 bits per heavy atom. The van der Waals surface area contributed by atoms with Gasteiger partial charge in [0.25, 0.3) is 0 Å². The van der Waals surface area contributed by atoms with Gasteiger partial charge in [0.2, 0.25) is 0 Å². The van der Waals surface area contributed by atoms with Crippen molar-refractivity contribution in [2.45, 2.75) is 33.8 Å². The lowest BCUT2D eigenvalue weighted by Gasteiger charge is -2.11. The summed E-state index contributed by atoms with van der Waals surface area (Å²) in [6.07, 6.45) is 0.774. The second-order valence-electron chi connectivity index (χ2n) is 5.03. The van der Waals surface area contributed by atoms with Crippen molar-refractivity contribution in [3.63, 3.8) is 0 Å².